The van der Waals surface area contributed by atoms with E-state index in [1.807, 2.05) is 13.1 Å². The van der Waals surface area contributed by atoms with Crippen LogP contribution in [0.5, 0.6) is 0 Å². The maximum atomic E-state index is 12.2. The molecule has 1 aromatic heterocycles. The molecule has 1 saturated heterocycles. The van der Waals surface area contributed by atoms with Crippen molar-refractivity contribution in [3.63, 3.8) is 0 Å². The van der Waals surface area contributed by atoms with E-state index in [1.54, 1.807) is 4.68 Å². The van der Waals surface area contributed by atoms with Crippen molar-refractivity contribution in [3.8, 4) is 0 Å². The van der Waals surface area contributed by atoms with Crippen LogP contribution in [-0.4, -0.2) is 28.8 Å². The lowest BCUT2D eigenvalue weighted by Crippen LogP contribution is -2.37. The van der Waals surface area contributed by atoms with Gasteiger partial charge in [-0.05, 0) is 31.2 Å². The summed E-state index contributed by atoms with van der Waals surface area (Å²) in [6.07, 6.45) is 2.94. The van der Waals surface area contributed by atoms with Gasteiger partial charge in [0, 0.05) is 19.7 Å². The second-order valence-corrected chi connectivity index (χ2v) is 6.91. The highest BCUT2D eigenvalue weighted by Crippen LogP contribution is 2.22. The van der Waals surface area contributed by atoms with Crippen LogP contribution < -0.4 is 10.6 Å². The van der Waals surface area contributed by atoms with Crippen LogP contribution in [0.2, 0.25) is 0 Å². The summed E-state index contributed by atoms with van der Waals surface area (Å²) in [5.41, 5.74) is 1.22. The Labute approximate surface area is 133 Å². The van der Waals surface area contributed by atoms with Gasteiger partial charge in [-0.15, -0.1) is 12.4 Å². The van der Waals surface area contributed by atoms with Gasteiger partial charge in [0.2, 0.25) is 5.91 Å². The first kappa shape index (κ1) is 18.0. The third-order valence-corrected chi connectivity index (χ3v) is 3.56. The summed E-state index contributed by atoms with van der Waals surface area (Å²) in [7, 11) is 1.88. The molecule has 2 rings (SSSR count). The molecule has 1 unspecified atom stereocenters. The average Bonchev–Trinajstić information content (AvgIpc) is 2.68. The lowest BCUT2D eigenvalue weighted by Gasteiger charge is -2.21. The zero-order valence-electron chi connectivity index (χ0n) is 13.4. The Hall–Kier alpha value is -1.07. The Morgan fingerprint density at radius 1 is 1.52 bits per heavy atom. The molecule has 1 fully saturated rings. The molecule has 0 radical (unpaired) electrons. The molecule has 0 saturated carbocycles. The predicted octanol–water partition coefficient (Wildman–Crippen LogP) is 2.37. The highest BCUT2D eigenvalue weighted by Gasteiger charge is 2.22. The maximum Gasteiger partial charge on any atom is 0.229 e. The minimum absolute atomic E-state index is 0. The third-order valence-electron chi connectivity index (χ3n) is 3.56. The van der Waals surface area contributed by atoms with Crippen molar-refractivity contribution >= 4 is 24.1 Å². The number of anilines is 1. The van der Waals surface area contributed by atoms with Crippen LogP contribution in [0.3, 0.4) is 0 Å². The first-order valence-corrected chi connectivity index (χ1v) is 7.40. The fourth-order valence-electron chi connectivity index (χ4n) is 2.58. The summed E-state index contributed by atoms with van der Waals surface area (Å²) in [6, 6.07) is 1.99. The van der Waals surface area contributed by atoms with Gasteiger partial charge in [0.1, 0.15) is 5.82 Å². The number of aromatic nitrogens is 2. The summed E-state index contributed by atoms with van der Waals surface area (Å²) in [5.74, 6) is 0.965. The minimum Gasteiger partial charge on any atom is -0.316 e. The second kappa shape index (κ2) is 7.27. The van der Waals surface area contributed by atoms with Gasteiger partial charge in [0.25, 0.3) is 0 Å². The molecule has 120 valence electrons. The number of hydrogen-bond donors (Lipinski definition) is 2. The van der Waals surface area contributed by atoms with Gasteiger partial charge in [-0.3, -0.25) is 9.48 Å². The van der Waals surface area contributed by atoms with Crippen LogP contribution in [0.1, 0.15) is 39.3 Å². The number of carbonyl (C=O) groups is 1. The molecule has 0 aromatic carbocycles. The molecule has 2 N–H and O–H groups in total. The highest BCUT2D eigenvalue weighted by atomic mass is 35.5. The average molecular weight is 315 g/mol. The molecule has 1 atom stereocenters. The van der Waals surface area contributed by atoms with Gasteiger partial charge in [-0.1, -0.05) is 20.8 Å². The van der Waals surface area contributed by atoms with E-state index in [-0.39, 0.29) is 29.6 Å². The molecule has 1 aliphatic rings. The molecular formula is C15H27ClN4O. The summed E-state index contributed by atoms with van der Waals surface area (Å²) >= 11 is 0. The van der Waals surface area contributed by atoms with Gasteiger partial charge in [0.15, 0.2) is 0 Å². The minimum atomic E-state index is 0. The number of hydrogen-bond acceptors (Lipinski definition) is 3. The highest BCUT2D eigenvalue weighted by molar-refractivity contribution is 5.92. The molecule has 1 aromatic rings. The summed E-state index contributed by atoms with van der Waals surface area (Å²) in [6.45, 7) is 8.36. The molecule has 0 bridgehead atoms. The fraction of sp³-hybridized carbons (Fsp3) is 0.733. The number of carbonyl (C=O) groups excluding carboxylic acids is 1. The third kappa shape index (κ3) is 5.32. The van der Waals surface area contributed by atoms with Crippen molar-refractivity contribution in [2.45, 2.75) is 40.0 Å². The van der Waals surface area contributed by atoms with E-state index in [4.69, 9.17) is 0 Å². The molecule has 5 nitrogen and oxygen atoms in total. The number of nitrogens with one attached hydrogen (secondary N) is 2. The van der Waals surface area contributed by atoms with Crippen molar-refractivity contribution in [2.75, 3.05) is 18.4 Å². The van der Waals surface area contributed by atoms with E-state index in [1.165, 1.54) is 0 Å². The second-order valence-electron chi connectivity index (χ2n) is 6.91. The van der Waals surface area contributed by atoms with Crippen LogP contribution >= 0.6 is 12.4 Å². The van der Waals surface area contributed by atoms with E-state index in [9.17, 15) is 4.79 Å². The van der Waals surface area contributed by atoms with Crippen molar-refractivity contribution in [3.05, 3.63) is 11.8 Å². The topological polar surface area (TPSA) is 59.0 Å². The quantitative estimate of drug-likeness (QED) is 0.900. The Kier molecular flexibility index (Phi) is 6.23. The summed E-state index contributed by atoms with van der Waals surface area (Å²) in [5, 5.41) is 10.8. The van der Waals surface area contributed by atoms with E-state index in [0.29, 0.717) is 0 Å². The number of amides is 1. The predicted molar refractivity (Wildman–Crippen MR) is 87.8 cm³/mol. The van der Waals surface area contributed by atoms with Crippen LogP contribution in [0.15, 0.2) is 6.07 Å². The number of aryl methyl sites for hydroxylation is 1. The SMILES string of the molecule is Cl.Cn1nc(CC(C)(C)C)cc1NC(=O)C1CCCNC1. The van der Waals surface area contributed by atoms with Crippen molar-refractivity contribution in [1.82, 2.24) is 15.1 Å². The van der Waals surface area contributed by atoms with Gasteiger partial charge >= 0.3 is 0 Å². The molecular weight excluding hydrogens is 288 g/mol. The zero-order chi connectivity index (χ0) is 14.8. The Balaban J connectivity index is 0.00000220. The van der Waals surface area contributed by atoms with Crippen LogP contribution in [0, 0.1) is 11.3 Å². The molecule has 6 heteroatoms. The Morgan fingerprint density at radius 2 is 2.24 bits per heavy atom. The first-order chi connectivity index (χ1) is 9.35. The standard InChI is InChI=1S/C15H26N4O.ClH/c1-15(2,3)9-12-8-13(19(4)18-12)17-14(20)11-6-5-7-16-10-11;/h8,11,16H,5-7,9-10H2,1-4H3,(H,17,20);1H. The molecule has 1 aliphatic heterocycles. The van der Waals surface area contributed by atoms with E-state index < -0.39 is 0 Å². The van der Waals surface area contributed by atoms with Crippen LogP contribution in [-0.2, 0) is 18.3 Å². The molecule has 2 heterocycles. The zero-order valence-corrected chi connectivity index (χ0v) is 14.2. The van der Waals surface area contributed by atoms with E-state index in [0.717, 1.165) is 43.9 Å². The van der Waals surface area contributed by atoms with Crippen molar-refractivity contribution in [2.24, 2.45) is 18.4 Å². The fourth-order valence-corrected chi connectivity index (χ4v) is 2.58. The van der Waals surface area contributed by atoms with Gasteiger partial charge < -0.3 is 10.6 Å². The molecule has 0 spiro atoms. The summed E-state index contributed by atoms with van der Waals surface area (Å²) in [4.78, 5) is 12.2. The maximum absolute atomic E-state index is 12.2. The smallest absolute Gasteiger partial charge is 0.229 e. The number of rotatable bonds is 3. The normalized spacial score (nSPS) is 19.0. The first-order valence-electron chi connectivity index (χ1n) is 7.40. The number of piperidine rings is 1. The van der Waals surface area contributed by atoms with Crippen LogP contribution in [0.25, 0.3) is 0 Å². The molecule has 0 aliphatic carbocycles. The monoisotopic (exact) mass is 314 g/mol. The number of halogens is 1. The lowest BCUT2D eigenvalue weighted by atomic mass is 9.91. The van der Waals surface area contributed by atoms with Gasteiger partial charge in [0.05, 0.1) is 11.6 Å². The van der Waals surface area contributed by atoms with Crippen molar-refractivity contribution < 1.29 is 4.79 Å². The lowest BCUT2D eigenvalue weighted by molar-refractivity contribution is -0.120. The Bertz CT molecular complexity index is 473. The van der Waals surface area contributed by atoms with E-state index >= 15 is 0 Å². The van der Waals surface area contributed by atoms with Gasteiger partial charge in [-0.2, -0.15) is 5.10 Å². The summed E-state index contributed by atoms with van der Waals surface area (Å²) < 4.78 is 1.76. The van der Waals surface area contributed by atoms with E-state index in [2.05, 4.69) is 36.5 Å². The molecule has 21 heavy (non-hydrogen) atoms. The Morgan fingerprint density at radius 3 is 2.81 bits per heavy atom. The molecule has 1 amide bonds. The van der Waals surface area contributed by atoms with Crippen LogP contribution in [0.4, 0.5) is 5.82 Å². The number of nitrogens with zero attached hydrogens (tertiary/aromatic N) is 2. The van der Waals surface area contributed by atoms with Crippen molar-refractivity contribution in [1.29, 1.82) is 0 Å². The van der Waals surface area contributed by atoms with Gasteiger partial charge in [-0.25, -0.2) is 0 Å². The largest absolute Gasteiger partial charge is 0.316 e.